The first kappa shape index (κ1) is 21.1. The number of halogens is 1. The smallest absolute Gasteiger partial charge is 0.308 e. The summed E-state index contributed by atoms with van der Waals surface area (Å²) >= 11 is 3.31. The monoisotopic (exact) mass is 448 g/mol. The lowest BCUT2D eigenvalue weighted by molar-refractivity contribution is -0.132. The lowest BCUT2D eigenvalue weighted by atomic mass is 10.2. The van der Waals surface area contributed by atoms with Crippen LogP contribution in [0, 0.1) is 0 Å². The molecule has 8 nitrogen and oxygen atoms in total. The van der Waals surface area contributed by atoms with E-state index in [4.69, 9.17) is 14.2 Å². The summed E-state index contributed by atoms with van der Waals surface area (Å²) in [6.45, 7) is 2.27. The molecule has 2 aromatic carbocycles. The van der Waals surface area contributed by atoms with Crippen LogP contribution in [0.1, 0.15) is 19.4 Å². The molecular formula is C19H17BrN2O6. The highest BCUT2D eigenvalue weighted by molar-refractivity contribution is 9.10. The number of hydrazone groups is 1. The van der Waals surface area contributed by atoms with E-state index in [1.54, 1.807) is 18.2 Å². The molecule has 0 aliphatic rings. The van der Waals surface area contributed by atoms with Crippen LogP contribution in [0.4, 0.5) is 0 Å². The number of rotatable bonds is 7. The maximum atomic E-state index is 11.8. The van der Waals surface area contributed by atoms with E-state index < -0.39 is 17.8 Å². The first-order chi connectivity index (χ1) is 13.3. The number of carbonyl (C=O) groups is 3. The minimum absolute atomic E-state index is 0.134. The van der Waals surface area contributed by atoms with Crippen LogP contribution in [0.15, 0.2) is 52.0 Å². The van der Waals surface area contributed by atoms with Crippen molar-refractivity contribution >= 4 is 40.0 Å². The van der Waals surface area contributed by atoms with Gasteiger partial charge in [0.25, 0.3) is 5.91 Å². The third-order valence-electron chi connectivity index (χ3n) is 3.06. The molecule has 2 aromatic rings. The summed E-state index contributed by atoms with van der Waals surface area (Å²) in [6, 6.07) is 11.5. The summed E-state index contributed by atoms with van der Waals surface area (Å²) in [5.41, 5.74) is 2.71. The van der Waals surface area contributed by atoms with Crippen molar-refractivity contribution in [2.45, 2.75) is 13.8 Å². The zero-order chi connectivity index (χ0) is 20.5. The molecule has 0 saturated carbocycles. The molecule has 0 atom stereocenters. The second-order valence-corrected chi connectivity index (χ2v) is 6.34. The normalized spacial score (nSPS) is 10.4. The fourth-order valence-corrected chi connectivity index (χ4v) is 2.38. The topological polar surface area (TPSA) is 103 Å². The van der Waals surface area contributed by atoms with E-state index in [1.165, 1.54) is 38.3 Å². The Labute approximate surface area is 169 Å². The second kappa shape index (κ2) is 10.2. The Kier molecular flexibility index (Phi) is 7.70. The third kappa shape index (κ3) is 7.20. The molecule has 0 aliphatic heterocycles. The van der Waals surface area contributed by atoms with Gasteiger partial charge in [-0.25, -0.2) is 5.43 Å². The van der Waals surface area contributed by atoms with Gasteiger partial charge in [0.1, 0.15) is 17.2 Å². The summed E-state index contributed by atoms with van der Waals surface area (Å²) in [5, 5.41) is 3.82. The van der Waals surface area contributed by atoms with Gasteiger partial charge in [0.2, 0.25) is 0 Å². The molecule has 0 spiro atoms. The fraction of sp³-hybridized carbons (Fsp3) is 0.158. The second-order valence-electron chi connectivity index (χ2n) is 5.43. The van der Waals surface area contributed by atoms with Gasteiger partial charge in [0.15, 0.2) is 6.61 Å². The molecule has 0 heterocycles. The number of amides is 1. The number of benzene rings is 2. The number of nitrogens with one attached hydrogen (secondary N) is 1. The summed E-state index contributed by atoms with van der Waals surface area (Å²) in [4.78, 5) is 34.1. The minimum Gasteiger partial charge on any atom is -0.484 e. The number of esters is 2. The van der Waals surface area contributed by atoms with Gasteiger partial charge in [-0.15, -0.1) is 0 Å². The van der Waals surface area contributed by atoms with Gasteiger partial charge in [0.05, 0.1) is 6.21 Å². The number of carbonyl (C=O) groups excluding carboxylic acids is 3. The number of ether oxygens (including phenoxy) is 3. The first-order valence-electron chi connectivity index (χ1n) is 8.04. The van der Waals surface area contributed by atoms with E-state index in [0.717, 1.165) is 4.47 Å². The summed E-state index contributed by atoms with van der Waals surface area (Å²) in [7, 11) is 0. The van der Waals surface area contributed by atoms with Gasteiger partial charge in [0, 0.05) is 30.0 Å². The summed E-state index contributed by atoms with van der Waals surface area (Å²) < 4.78 is 16.2. The number of hydrogen-bond acceptors (Lipinski definition) is 7. The highest BCUT2D eigenvalue weighted by Crippen LogP contribution is 2.24. The Morgan fingerprint density at radius 2 is 1.79 bits per heavy atom. The standard InChI is InChI=1S/C19H17BrN2O6/c1-12(23)27-17-7-6-14(18(9-17)28-13(2)24)10-21-22-19(25)11-26-16-5-3-4-15(20)8-16/h3-10H,11H2,1-2H3,(H,22,25). The van der Waals surface area contributed by atoms with Crippen LogP contribution in [0.3, 0.4) is 0 Å². The van der Waals surface area contributed by atoms with Crippen LogP contribution in [-0.4, -0.2) is 30.7 Å². The van der Waals surface area contributed by atoms with Crippen LogP contribution in [0.5, 0.6) is 17.2 Å². The molecule has 146 valence electrons. The van der Waals surface area contributed by atoms with Gasteiger partial charge < -0.3 is 14.2 Å². The zero-order valence-corrected chi connectivity index (χ0v) is 16.7. The number of hydrogen-bond donors (Lipinski definition) is 1. The number of nitrogens with zero attached hydrogens (tertiary/aromatic N) is 1. The van der Waals surface area contributed by atoms with Gasteiger partial charge in [-0.05, 0) is 30.3 Å². The molecule has 2 rings (SSSR count). The Morgan fingerprint density at radius 3 is 2.46 bits per heavy atom. The Morgan fingerprint density at radius 1 is 1.04 bits per heavy atom. The molecule has 1 N–H and O–H groups in total. The predicted molar refractivity (Wildman–Crippen MR) is 104 cm³/mol. The molecule has 0 bridgehead atoms. The van der Waals surface area contributed by atoms with E-state index >= 15 is 0 Å². The van der Waals surface area contributed by atoms with Crippen LogP contribution in [0.25, 0.3) is 0 Å². The van der Waals surface area contributed by atoms with Crippen molar-refractivity contribution in [1.29, 1.82) is 0 Å². The highest BCUT2D eigenvalue weighted by Gasteiger charge is 2.09. The molecule has 28 heavy (non-hydrogen) atoms. The molecule has 0 aromatic heterocycles. The molecule has 0 radical (unpaired) electrons. The van der Waals surface area contributed by atoms with Crippen molar-refractivity contribution in [3.05, 3.63) is 52.5 Å². The molecule has 9 heteroatoms. The van der Waals surface area contributed by atoms with Gasteiger partial charge in [-0.3, -0.25) is 14.4 Å². The Balaban J connectivity index is 1.98. The van der Waals surface area contributed by atoms with Crippen molar-refractivity contribution in [3.63, 3.8) is 0 Å². The first-order valence-corrected chi connectivity index (χ1v) is 8.84. The quantitative estimate of drug-likeness (QED) is 0.302. The van der Waals surface area contributed by atoms with Crippen molar-refractivity contribution in [3.8, 4) is 17.2 Å². The van der Waals surface area contributed by atoms with Gasteiger partial charge in [-0.2, -0.15) is 5.10 Å². The van der Waals surface area contributed by atoms with Crippen molar-refractivity contribution in [2.75, 3.05) is 6.61 Å². The van der Waals surface area contributed by atoms with Crippen LogP contribution in [-0.2, 0) is 14.4 Å². The van der Waals surface area contributed by atoms with Crippen molar-refractivity contribution < 1.29 is 28.6 Å². The van der Waals surface area contributed by atoms with E-state index in [-0.39, 0.29) is 18.1 Å². The maximum Gasteiger partial charge on any atom is 0.308 e. The molecule has 1 amide bonds. The van der Waals surface area contributed by atoms with Crippen molar-refractivity contribution in [1.82, 2.24) is 5.43 Å². The average molecular weight is 449 g/mol. The van der Waals surface area contributed by atoms with Gasteiger partial charge >= 0.3 is 11.9 Å². The fourth-order valence-electron chi connectivity index (χ4n) is 2.01. The summed E-state index contributed by atoms with van der Waals surface area (Å²) in [6.07, 6.45) is 1.30. The zero-order valence-electron chi connectivity index (χ0n) is 15.1. The molecule has 0 fully saturated rings. The van der Waals surface area contributed by atoms with Crippen molar-refractivity contribution in [2.24, 2.45) is 5.10 Å². The minimum atomic E-state index is -0.555. The molecular weight excluding hydrogens is 432 g/mol. The predicted octanol–water partition coefficient (Wildman–Crippen LogP) is 2.83. The average Bonchev–Trinajstić information content (AvgIpc) is 2.61. The van der Waals surface area contributed by atoms with E-state index in [1.807, 2.05) is 6.07 Å². The third-order valence-corrected chi connectivity index (χ3v) is 3.55. The summed E-state index contributed by atoms with van der Waals surface area (Å²) in [5.74, 6) is -0.649. The SMILES string of the molecule is CC(=O)Oc1ccc(C=NNC(=O)COc2cccc(Br)c2)c(OC(C)=O)c1. The Hall–Kier alpha value is -3.20. The van der Waals surface area contributed by atoms with E-state index in [0.29, 0.717) is 11.3 Å². The van der Waals surface area contributed by atoms with E-state index in [2.05, 4.69) is 26.5 Å². The largest absolute Gasteiger partial charge is 0.484 e. The molecule has 0 aliphatic carbocycles. The Bertz CT molecular complexity index is 913. The van der Waals surface area contributed by atoms with E-state index in [9.17, 15) is 14.4 Å². The van der Waals surface area contributed by atoms with Crippen LogP contribution in [0.2, 0.25) is 0 Å². The van der Waals surface area contributed by atoms with Crippen LogP contribution >= 0.6 is 15.9 Å². The lowest BCUT2D eigenvalue weighted by Gasteiger charge is -2.08. The van der Waals surface area contributed by atoms with Crippen LogP contribution < -0.4 is 19.6 Å². The molecule has 0 unspecified atom stereocenters. The lowest BCUT2D eigenvalue weighted by Crippen LogP contribution is -2.24. The highest BCUT2D eigenvalue weighted by atomic mass is 79.9. The molecule has 0 saturated heterocycles. The maximum absolute atomic E-state index is 11.8. The van der Waals surface area contributed by atoms with Gasteiger partial charge in [-0.1, -0.05) is 22.0 Å².